The average molecular weight is 210 g/mol. The molecule has 0 saturated heterocycles. The molecule has 0 saturated carbocycles. The smallest absolute Gasteiger partial charge is 0.0966 e. The fourth-order valence-corrected chi connectivity index (χ4v) is 1.88. The van der Waals surface area contributed by atoms with Crippen LogP contribution in [-0.2, 0) is 6.42 Å². The van der Waals surface area contributed by atoms with E-state index in [4.69, 9.17) is 5.73 Å². The quantitative estimate of drug-likeness (QED) is 0.602. The lowest BCUT2D eigenvalue weighted by molar-refractivity contribution is 0.723. The molecule has 0 aromatic carbocycles. The van der Waals surface area contributed by atoms with Gasteiger partial charge in [-0.25, -0.2) is 0 Å². The van der Waals surface area contributed by atoms with Crippen LogP contribution in [0.5, 0.6) is 0 Å². The van der Waals surface area contributed by atoms with Crippen molar-refractivity contribution in [2.75, 3.05) is 0 Å². The van der Waals surface area contributed by atoms with E-state index in [1.54, 1.807) is 11.3 Å². The molecule has 14 heavy (non-hydrogen) atoms. The summed E-state index contributed by atoms with van der Waals surface area (Å²) in [7, 11) is 0. The Bertz CT molecular complexity index is 288. The Hall–Kier alpha value is -0.830. The first-order valence-corrected chi connectivity index (χ1v) is 5.88. The summed E-state index contributed by atoms with van der Waals surface area (Å²) in [4.78, 5) is 4.45. The number of nitrogens with two attached hydrogens (primary N) is 1. The monoisotopic (exact) mass is 210 g/mol. The highest BCUT2D eigenvalue weighted by Crippen LogP contribution is 2.10. The fourth-order valence-electron chi connectivity index (χ4n) is 1.20. The normalized spacial score (nSPS) is 14.7. The predicted octanol–water partition coefficient (Wildman–Crippen LogP) is 2.69. The summed E-state index contributed by atoms with van der Waals surface area (Å²) >= 11 is 1.73. The molecule has 1 rings (SSSR count). The van der Waals surface area contributed by atoms with E-state index < -0.39 is 0 Å². The van der Waals surface area contributed by atoms with Gasteiger partial charge in [0.05, 0.1) is 11.9 Å². The van der Waals surface area contributed by atoms with Gasteiger partial charge in [0.1, 0.15) is 0 Å². The van der Waals surface area contributed by atoms with Crippen molar-refractivity contribution in [3.8, 4) is 0 Å². The van der Waals surface area contributed by atoms with Gasteiger partial charge in [-0.2, -0.15) is 11.3 Å². The minimum absolute atomic E-state index is 0.284. The molecular formula is C11H18N2S. The van der Waals surface area contributed by atoms with Crippen LogP contribution in [0.4, 0.5) is 0 Å². The van der Waals surface area contributed by atoms with Crippen molar-refractivity contribution >= 4 is 17.2 Å². The van der Waals surface area contributed by atoms with Crippen LogP contribution in [0.1, 0.15) is 26.3 Å². The molecule has 0 radical (unpaired) electrons. The highest BCUT2D eigenvalue weighted by atomic mass is 32.1. The van der Waals surface area contributed by atoms with Crippen molar-refractivity contribution < 1.29 is 0 Å². The Morgan fingerprint density at radius 1 is 1.50 bits per heavy atom. The Morgan fingerprint density at radius 2 is 2.21 bits per heavy atom. The molecule has 1 aromatic rings. The van der Waals surface area contributed by atoms with Gasteiger partial charge in [-0.15, -0.1) is 0 Å². The largest absolute Gasteiger partial charge is 0.387 e. The molecule has 1 heterocycles. The number of hydrogen-bond acceptors (Lipinski definition) is 2. The van der Waals surface area contributed by atoms with Crippen LogP contribution in [0.2, 0.25) is 0 Å². The Balaban J connectivity index is 2.51. The van der Waals surface area contributed by atoms with E-state index in [9.17, 15) is 0 Å². The lowest BCUT2D eigenvalue weighted by Crippen LogP contribution is -2.21. The summed E-state index contributed by atoms with van der Waals surface area (Å²) in [5.74, 6) is 1.10. The van der Waals surface area contributed by atoms with Crippen molar-refractivity contribution in [3.05, 3.63) is 22.4 Å². The molecular weight excluding hydrogens is 192 g/mol. The maximum atomic E-state index is 5.80. The summed E-state index contributed by atoms with van der Waals surface area (Å²) in [6.07, 6.45) is 0.983. The van der Waals surface area contributed by atoms with E-state index in [0.29, 0.717) is 5.92 Å². The standard InChI is InChI=1S/C11H18N2S/c1-8(2)11(12)13-9(3)6-10-4-5-14-7-10/h4-5,7-9H,6H2,1-3H3,(H2,12,13). The van der Waals surface area contributed by atoms with Crippen molar-refractivity contribution in [2.45, 2.75) is 33.2 Å². The highest BCUT2D eigenvalue weighted by molar-refractivity contribution is 7.07. The van der Waals surface area contributed by atoms with Gasteiger partial charge >= 0.3 is 0 Å². The second-order valence-electron chi connectivity index (χ2n) is 3.89. The topological polar surface area (TPSA) is 38.4 Å². The summed E-state index contributed by atoms with van der Waals surface area (Å²) in [5, 5.41) is 4.26. The van der Waals surface area contributed by atoms with Crippen LogP contribution in [-0.4, -0.2) is 11.9 Å². The third kappa shape index (κ3) is 3.50. The van der Waals surface area contributed by atoms with E-state index in [2.05, 4.69) is 42.6 Å². The minimum atomic E-state index is 0.284. The van der Waals surface area contributed by atoms with Crippen LogP contribution < -0.4 is 5.73 Å². The van der Waals surface area contributed by atoms with Gasteiger partial charge in [0.25, 0.3) is 0 Å². The van der Waals surface area contributed by atoms with Crippen LogP contribution in [0.15, 0.2) is 21.8 Å². The second kappa shape index (κ2) is 5.15. The molecule has 78 valence electrons. The molecule has 2 nitrogen and oxygen atoms in total. The fraction of sp³-hybridized carbons (Fsp3) is 0.545. The molecule has 0 bridgehead atoms. The molecule has 0 aliphatic heterocycles. The summed E-state index contributed by atoms with van der Waals surface area (Å²) in [5.41, 5.74) is 7.15. The first kappa shape index (κ1) is 11.2. The Morgan fingerprint density at radius 3 is 2.71 bits per heavy atom. The van der Waals surface area contributed by atoms with E-state index in [-0.39, 0.29) is 6.04 Å². The van der Waals surface area contributed by atoms with Crippen molar-refractivity contribution in [1.82, 2.24) is 0 Å². The predicted molar refractivity (Wildman–Crippen MR) is 63.9 cm³/mol. The Kier molecular flexibility index (Phi) is 4.14. The molecule has 1 atom stereocenters. The number of aliphatic imine (C=N–C) groups is 1. The molecule has 3 heteroatoms. The van der Waals surface area contributed by atoms with E-state index in [0.717, 1.165) is 12.3 Å². The molecule has 1 unspecified atom stereocenters. The zero-order chi connectivity index (χ0) is 10.6. The number of amidine groups is 1. The Labute approximate surface area is 89.9 Å². The van der Waals surface area contributed by atoms with Gasteiger partial charge in [0, 0.05) is 5.92 Å². The SMILES string of the molecule is CC(Cc1ccsc1)N=C(N)C(C)C. The van der Waals surface area contributed by atoms with Gasteiger partial charge in [-0.05, 0) is 35.7 Å². The third-order valence-electron chi connectivity index (χ3n) is 2.07. The molecule has 0 spiro atoms. The van der Waals surface area contributed by atoms with Gasteiger partial charge in [-0.3, -0.25) is 4.99 Å². The first-order valence-electron chi connectivity index (χ1n) is 4.94. The zero-order valence-electron chi connectivity index (χ0n) is 9.03. The summed E-state index contributed by atoms with van der Waals surface area (Å²) < 4.78 is 0. The van der Waals surface area contributed by atoms with Crippen LogP contribution in [0.25, 0.3) is 0 Å². The molecule has 0 amide bonds. The van der Waals surface area contributed by atoms with E-state index in [1.807, 2.05) is 0 Å². The maximum absolute atomic E-state index is 5.80. The van der Waals surface area contributed by atoms with Crippen LogP contribution in [0, 0.1) is 5.92 Å². The lowest BCUT2D eigenvalue weighted by Gasteiger charge is -2.09. The van der Waals surface area contributed by atoms with Gasteiger partial charge < -0.3 is 5.73 Å². The molecule has 1 aromatic heterocycles. The van der Waals surface area contributed by atoms with Crippen molar-refractivity contribution in [2.24, 2.45) is 16.6 Å². The number of nitrogens with zero attached hydrogens (tertiary/aromatic N) is 1. The lowest BCUT2D eigenvalue weighted by atomic mass is 10.1. The summed E-state index contributed by atoms with van der Waals surface area (Å²) in [6, 6.07) is 2.43. The summed E-state index contributed by atoms with van der Waals surface area (Å²) in [6.45, 7) is 6.24. The van der Waals surface area contributed by atoms with Gasteiger partial charge in [0.2, 0.25) is 0 Å². The molecule has 0 aliphatic rings. The van der Waals surface area contributed by atoms with Crippen LogP contribution in [0.3, 0.4) is 0 Å². The number of rotatable bonds is 4. The van der Waals surface area contributed by atoms with Crippen LogP contribution >= 0.6 is 11.3 Å². The molecule has 0 fully saturated rings. The van der Waals surface area contributed by atoms with Gasteiger partial charge in [-0.1, -0.05) is 13.8 Å². The maximum Gasteiger partial charge on any atom is 0.0966 e. The zero-order valence-corrected chi connectivity index (χ0v) is 9.84. The second-order valence-corrected chi connectivity index (χ2v) is 4.67. The van der Waals surface area contributed by atoms with Crippen molar-refractivity contribution in [3.63, 3.8) is 0 Å². The van der Waals surface area contributed by atoms with Crippen molar-refractivity contribution in [1.29, 1.82) is 0 Å². The first-order chi connectivity index (χ1) is 6.59. The third-order valence-corrected chi connectivity index (χ3v) is 2.80. The highest BCUT2D eigenvalue weighted by Gasteiger charge is 2.05. The average Bonchev–Trinajstić information content (AvgIpc) is 2.56. The van der Waals surface area contributed by atoms with Gasteiger partial charge in [0.15, 0.2) is 0 Å². The number of hydrogen-bond donors (Lipinski definition) is 1. The van der Waals surface area contributed by atoms with E-state index >= 15 is 0 Å². The minimum Gasteiger partial charge on any atom is -0.387 e. The molecule has 0 aliphatic carbocycles. The molecule has 2 N–H and O–H groups in total. The van der Waals surface area contributed by atoms with E-state index in [1.165, 1.54) is 5.56 Å². The number of thiophene rings is 1.